The van der Waals surface area contributed by atoms with Gasteiger partial charge in [0.1, 0.15) is 5.82 Å². The minimum atomic E-state index is -0.375. The summed E-state index contributed by atoms with van der Waals surface area (Å²) in [6.07, 6.45) is 1.54. The zero-order chi connectivity index (χ0) is 15.2. The van der Waals surface area contributed by atoms with E-state index in [2.05, 4.69) is 25.9 Å². The number of esters is 1. The molecule has 21 heavy (non-hydrogen) atoms. The highest BCUT2D eigenvalue weighted by Crippen LogP contribution is 2.28. The molecule has 2 rings (SSSR count). The number of thioether (sulfide) groups is 1. The maximum atomic E-state index is 11.7. The summed E-state index contributed by atoms with van der Waals surface area (Å²) in [5.41, 5.74) is 1.07. The number of carbonyl (C=O) groups excluding carboxylic acids is 1. The van der Waals surface area contributed by atoms with Gasteiger partial charge in [-0.2, -0.15) is 0 Å². The van der Waals surface area contributed by atoms with Gasteiger partial charge in [-0.15, -0.1) is 11.8 Å². The topological polar surface area (TPSA) is 52.1 Å². The molecule has 0 atom stereocenters. The summed E-state index contributed by atoms with van der Waals surface area (Å²) in [5.74, 6) is 0.966. The van der Waals surface area contributed by atoms with Crippen molar-refractivity contribution in [1.29, 1.82) is 0 Å². The van der Waals surface area contributed by atoms with Gasteiger partial charge in [0.2, 0.25) is 0 Å². The first-order valence-corrected chi connectivity index (χ1v) is 8.26. The lowest BCUT2D eigenvalue weighted by Crippen LogP contribution is -2.10. The number of hydrogen-bond acceptors (Lipinski definition) is 5. The Morgan fingerprint density at radius 3 is 2.81 bits per heavy atom. The van der Waals surface area contributed by atoms with Crippen LogP contribution in [0.3, 0.4) is 0 Å². The highest BCUT2D eigenvalue weighted by molar-refractivity contribution is 9.10. The van der Waals surface area contributed by atoms with Gasteiger partial charge in [-0.1, -0.05) is 12.1 Å². The van der Waals surface area contributed by atoms with Gasteiger partial charge in [-0.05, 0) is 41.9 Å². The first kappa shape index (κ1) is 16.0. The van der Waals surface area contributed by atoms with E-state index in [1.54, 1.807) is 25.6 Å². The molecule has 1 aromatic heterocycles. The Hall–Kier alpha value is -1.40. The van der Waals surface area contributed by atoms with Crippen molar-refractivity contribution in [2.45, 2.75) is 24.5 Å². The van der Waals surface area contributed by atoms with Gasteiger partial charge in [-0.25, -0.2) is 14.8 Å². The fourth-order valence-corrected chi connectivity index (χ4v) is 3.13. The summed E-state index contributed by atoms with van der Waals surface area (Å²) in [5, 5.41) is 0. The van der Waals surface area contributed by atoms with E-state index in [-0.39, 0.29) is 5.97 Å². The maximum Gasteiger partial charge on any atom is 0.341 e. The van der Waals surface area contributed by atoms with Gasteiger partial charge in [0.05, 0.1) is 23.6 Å². The molecular formula is C15H15BrN2O2S. The van der Waals surface area contributed by atoms with Crippen LogP contribution in [0, 0.1) is 6.92 Å². The summed E-state index contributed by atoms with van der Waals surface area (Å²) in [4.78, 5) is 21.4. The summed E-state index contributed by atoms with van der Waals surface area (Å²) in [6.45, 7) is 3.91. The zero-order valence-corrected chi connectivity index (χ0v) is 14.2. The highest BCUT2D eigenvalue weighted by Gasteiger charge is 2.12. The zero-order valence-electron chi connectivity index (χ0n) is 11.8. The molecule has 1 heterocycles. The molecule has 0 radical (unpaired) electrons. The number of benzene rings is 1. The van der Waals surface area contributed by atoms with Crippen molar-refractivity contribution in [1.82, 2.24) is 9.97 Å². The van der Waals surface area contributed by atoms with Gasteiger partial charge in [0.25, 0.3) is 0 Å². The third-order valence-electron chi connectivity index (χ3n) is 2.72. The van der Waals surface area contributed by atoms with Gasteiger partial charge in [-0.3, -0.25) is 0 Å². The fourth-order valence-electron chi connectivity index (χ4n) is 1.70. The molecule has 0 N–H and O–H groups in total. The van der Waals surface area contributed by atoms with Crippen LogP contribution in [0.1, 0.15) is 28.8 Å². The molecule has 6 heteroatoms. The Balaban J connectivity index is 2.07. The number of aryl methyl sites for hydroxylation is 1. The molecule has 110 valence electrons. The number of aromatic nitrogens is 2. The van der Waals surface area contributed by atoms with Gasteiger partial charge < -0.3 is 4.74 Å². The molecule has 0 spiro atoms. The van der Waals surface area contributed by atoms with E-state index in [0.29, 0.717) is 29.4 Å². The first-order valence-electron chi connectivity index (χ1n) is 6.48. The number of rotatable bonds is 5. The van der Waals surface area contributed by atoms with Gasteiger partial charge >= 0.3 is 5.97 Å². The van der Waals surface area contributed by atoms with Crippen LogP contribution in [0.2, 0.25) is 0 Å². The normalized spacial score (nSPS) is 10.4. The second kappa shape index (κ2) is 7.56. The molecule has 0 fully saturated rings. The van der Waals surface area contributed by atoms with Gasteiger partial charge in [0.15, 0.2) is 0 Å². The highest BCUT2D eigenvalue weighted by atomic mass is 79.9. The Bertz CT molecular complexity index is 649. The Morgan fingerprint density at radius 2 is 2.14 bits per heavy atom. The van der Waals surface area contributed by atoms with Crippen molar-refractivity contribution in [3.05, 3.63) is 52.0 Å². The number of carbonyl (C=O) groups is 1. The Kier molecular flexibility index (Phi) is 5.76. The van der Waals surface area contributed by atoms with E-state index in [1.807, 2.05) is 24.3 Å². The molecule has 4 nitrogen and oxygen atoms in total. The fraction of sp³-hybridized carbons (Fsp3) is 0.267. The summed E-state index contributed by atoms with van der Waals surface area (Å²) < 4.78 is 6.01. The van der Waals surface area contributed by atoms with Gasteiger partial charge in [0, 0.05) is 15.6 Å². The lowest BCUT2D eigenvalue weighted by molar-refractivity contribution is 0.0524. The van der Waals surface area contributed by atoms with E-state index in [4.69, 9.17) is 4.74 Å². The van der Waals surface area contributed by atoms with E-state index in [1.165, 1.54) is 6.20 Å². The summed E-state index contributed by atoms with van der Waals surface area (Å²) in [6, 6.07) is 8.00. The average molecular weight is 367 g/mol. The van der Waals surface area contributed by atoms with Crippen LogP contribution in [0.25, 0.3) is 0 Å². The molecule has 0 saturated heterocycles. The standard InChI is InChI=1S/C15H15BrN2O2S/c1-3-20-15(19)11-8-17-14(18-10(11)2)9-21-13-7-5-4-6-12(13)16/h4-8H,3,9H2,1-2H3. The smallest absolute Gasteiger partial charge is 0.341 e. The molecular weight excluding hydrogens is 352 g/mol. The SMILES string of the molecule is CCOC(=O)c1cnc(CSc2ccccc2Br)nc1C. The molecule has 0 amide bonds. The Labute approximate surface area is 136 Å². The second-order valence-electron chi connectivity index (χ2n) is 4.22. The van der Waals surface area contributed by atoms with Crippen molar-refractivity contribution in [3.63, 3.8) is 0 Å². The molecule has 2 aromatic rings. The van der Waals surface area contributed by atoms with Crippen molar-refractivity contribution in [2.75, 3.05) is 6.61 Å². The van der Waals surface area contributed by atoms with E-state index >= 15 is 0 Å². The monoisotopic (exact) mass is 366 g/mol. The molecule has 0 aliphatic carbocycles. The van der Waals surface area contributed by atoms with E-state index in [9.17, 15) is 4.79 Å². The Morgan fingerprint density at radius 1 is 1.38 bits per heavy atom. The third kappa shape index (κ3) is 4.28. The van der Waals surface area contributed by atoms with Crippen LogP contribution < -0.4 is 0 Å². The van der Waals surface area contributed by atoms with Crippen LogP contribution >= 0.6 is 27.7 Å². The third-order valence-corrected chi connectivity index (χ3v) is 4.74. The number of nitrogens with zero attached hydrogens (tertiary/aromatic N) is 2. The predicted octanol–water partition coefficient (Wildman–Crippen LogP) is 4.02. The van der Waals surface area contributed by atoms with Crippen molar-refractivity contribution >= 4 is 33.7 Å². The molecule has 0 saturated carbocycles. The van der Waals surface area contributed by atoms with Crippen molar-refractivity contribution < 1.29 is 9.53 Å². The molecule has 0 aliphatic rings. The van der Waals surface area contributed by atoms with E-state index in [0.717, 1.165) is 9.37 Å². The second-order valence-corrected chi connectivity index (χ2v) is 6.10. The minimum absolute atomic E-state index is 0.345. The van der Waals surface area contributed by atoms with Crippen molar-refractivity contribution in [2.24, 2.45) is 0 Å². The van der Waals surface area contributed by atoms with Crippen LogP contribution in [0.15, 0.2) is 39.8 Å². The van der Waals surface area contributed by atoms with Crippen LogP contribution in [0.5, 0.6) is 0 Å². The van der Waals surface area contributed by atoms with Crippen LogP contribution in [0.4, 0.5) is 0 Å². The number of halogens is 1. The van der Waals surface area contributed by atoms with Crippen LogP contribution in [-0.4, -0.2) is 22.5 Å². The number of ether oxygens (including phenoxy) is 1. The first-order chi connectivity index (χ1) is 10.1. The molecule has 0 unspecified atom stereocenters. The quantitative estimate of drug-likeness (QED) is 0.590. The summed E-state index contributed by atoms with van der Waals surface area (Å²) in [7, 11) is 0. The van der Waals surface area contributed by atoms with Crippen molar-refractivity contribution in [3.8, 4) is 0 Å². The average Bonchev–Trinajstić information content (AvgIpc) is 2.46. The lowest BCUT2D eigenvalue weighted by Gasteiger charge is -2.07. The van der Waals surface area contributed by atoms with E-state index < -0.39 is 0 Å². The molecule has 1 aromatic carbocycles. The number of hydrogen-bond donors (Lipinski definition) is 0. The lowest BCUT2D eigenvalue weighted by atomic mass is 10.2. The predicted molar refractivity (Wildman–Crippen MR) is 86.4 cm³/mol. The van der Waals surface area contributed by atoms with Crippen LogP contribution in [-0.2, 0) is 10.5 Å². The largest absolute Gasteiger partial charge is 0.462 e. The summed E-state index contributed by atoms with van der Waals surface area (Å²) >= 11 is 5.15. The minimum Gasteiger partial charge on any atom is -0.462 e. The molecule has 0 aliphatic heterocycles. The molecule has 0 bridgehead atoms. The maximum absolute atomic E-state index is 11.7.